The molecule has 0 aromatic heterocycles. The molecule has 1 saturated heterocycles. The highest BCUT2D eigenvalue weighted by molar-refractivity contribution is 14.1. The largest absolute Gasteiger partial charge is 0.274 e. The predicted molar refractivity (Wildman–Crippen MR) is 120 cm³/mol. The van der Waals surface area contributed by atoms with Gasteiger partial charge in [-0.2, -0.15) is 0 Å². The van der Waals surface area contributed by atoms with E-state index in [9.17, 15) is 9.59 Å². The Labute approximate surface area is 182 Å². The van der Waals surface area contributed by atoms with Crippen molar-refractivity contribution in [1.29, 1.82) is 0 Å². The quantitative estimate of drug-likeness (QED) is 0.352. The fourth-order valence-electron chi connectivity index (χ4n) is 5.95. The van der Waals surface area contributed by atoms with Crippen LogP contribution >= 0.6 is 22.6 Å². The van der Waals surface area contributed by atoms with E-state index in [2.05, 4.69) is 46.9 Å². The molecule has 1 fully saturated rings. The number of carbonyl (C=O) groups is 2. The van der Waals surface area contributed by atoms with Crippen molar-refractivity contribution in [2.75, 3.05) is 4.90 Å². The first-order chi connectivity index (χ1) is 14.0. The summed E-state index contributed by atoms with van der Waals surface area (Å²) < 4.78 is 1.08. The summed E-state index contributed by atoms with van der Waals surface area (Å²) in [7, 11) is 0. The van der Waals surface area contributed by atoms with Crippen LogP contribution in [0.25, 0.3) is 0 Å². The molecule has 2 atom stereocenters. The fraction of sp³-hybridized carbons (Fsp3) is 0.200. The van der Waals surface area contributed by atoms with Crippen molar-refractivity contribution in [3.63, 3.8) is 0 Å². The maximum absolute atomic E-state index is 13.9. The maximum atomic E-state index is 13.9. The molecule has 142 valence electrons. The van der Waals surface area contributed by atoms with E-state index in [1.54, 1.807) is 0 Å². The number of halogens is 1. The monoisotopic (exact) mass is 491 g/mol. The van der Waals surface area contributed by atoms with Crippen LogP contribution < -0.4 is 4.90 Å². The van der Waals surface area contributed by atoms with Crippen LogP contribution in [0, 0.1) is 14.9 Å². The van der Waals surface area contributed by atoms with Crippen LogP contribution in [-0.2, 0) is 9.59 Å². The van der Waals surface area contributed by atoms with Gasteiger partial charge in [-0.15, -0.1) is 0 Å². The van der Waals surface area contributed by atoms with Gasteiger partial charge in [0.2, 0.25) is 11.8 Å². The van der Waals surface area contributed by atoms with Gasteiger partial charge in [0.25, 0.3) is 0 Å². The second-order valence-corrected chi connectivity index (χ2v) is 9.63. The van der Waals surface area contributed by atoms with Gasteiger partial charge in [-0.1, -0.05) is 48.5 Å². The Balaban J connectivity index is 1.61. The number of carbonyl (C=O) groups excluding carboxylic acids is 2. The van der Waals surface area contributed by atoms with Crippen molar-refractivity contribution >= 4 is 40.1 Å². The molecule has 0 N–H and O–H groups in total. The Bertz CT molecular complexity index is 1150. The van der Waals surface area contributed by atoms with Crippen molar-refractivity contribution in [3.8, 4) is 0 Å². The standard InChI is InChI=1S/C25H18INO2/c1-25-21-18-8-4-2-6-16(18)20(17-7-3-5-9-19(17)21)22(25)23(28)27(24(25)29)15-12-10-14(26)11-13-15/h2-13,20-22H,1H3. The molecule has 2 amide bonds. The zero-order valence-electron chi connectivity index (χ0n) is 15.8. The van der Waals surface area contributed by atoms with Crippen LogP contribution in [0.1, 0.15) is 41.0 Å². The third-order valence-electron chi connectivity index (χ3n) is 7.10. The molecule has 3 nitrogen and oxygen atoms in total. The van der Waals surface area contributed by atoms with Crippen LogP contribution in [0.2, 0.25) is 0 Å². The number of rotatable bonds is 1. The molecule has 1 heterocycles. The first-order valence-electron chi connectivity index (χ1n) is 9.85. The number of nitrogens with zero attached hydrogens (tertiary/aromatic N) is 1. The molecule has 0 saturated carbocycles. The van der Waals surface area contributed by atoms with Crippen molar-refractivity contribution in [2.24, 2.45) is 11.3 Å². The summed E-state index contributed by atoms with van der Waals surface area (Å²) in [5.41, 5.74) is 4.69. The SMILES string of the molecule is CC12C(=O)N(c3ccc(I)cc3)C(=O)C1C1c3ccccc3C2c2ccccc21. The average molecular weight is 491 g/mol. The summed E-state index contributed by atoms with van der Waals surface area (Å²) in [6.07, 6.45) is 0. The maximum Gasteiger partial charge on any atom is 0.241 e. The fourth-order valence-corrected chi connectivity index (χ4v) is 6.31. The van der Waals surface area contributed by atoms with Gasteiger partial charge < -0.3 is 0 Å². The van der Waals surface area contributed by atoms with Crippen molar-refractivity contribution in [1.82, 2.24) is 0 Å². The smallest absolute Gasteiger partial charge is 0.241 e. The Morgan fingerprint density at radius 3 is 1.86 bits per heavy atom. The number of hydrogen-bond donors (Lipinski definition) is 0. The molecule has 29 heavy (non-hydrogen) atoms. The van der Waals surface area contributed by atoms with Gasteiger partial charge in [0.15, 0.2) is 0 Å². The summed E-state index contributed by atoms with van der Waals surface area (Å²) in [6, 6.07) is 24.3. The van der Waals surface area contributed by atoms with Crippen molar-refractivity contribution < 1.29 is 9.59 Å². The van der Waals surface area contributed by atoms with E-state index in [1.807, 2.05) is 55.5 Å². The summed E-state index contributed by atoms with van der Waals surface area (Å²) in [5, 5.41) is 0. The van der Waals surface area contributed by atoms with Gasteiger partial charge in [0.1, 0.15) is 0 Å². The minimum absolute atomic E-state index is 0.0716. The minimum atomic E-state index is -0.770. The number of amides is 2. The molecule has 0 spiro atoms. The number of benzene rings is 3. The lowest BCUT2D eigenvalue weighted by Gasteiger charge is -2.51. The first kappa shape index (κ1) is 17.4. The Kier molecular flexibility index (Phi) is 3.47. The second kappa shape index (κ2) is 5.79. The third kappa shape index (κ3) is 2.03. The molecule has 3 aliphatic carbocycles. The van der Waals surface area contributed by atoms with Crippen LogP contribution in [0.4, 0.5) is 5.69 Å². The van der Waals surface area contributed by atoms with E-state index in [-0.39, 0.29) is 29.6 Å². The van der Waals surface area contributed by atoms with E-state index < -0.39 is 5.41 Å². The van der Waals surface area contributed by atoms with Gasteiger partial charge in [-0.3, -0.25) is 9.59 Å². The topological polar surface area (TPSA) is 37.4 Å². The zero-order valence-corrected chi connectivity index (χ0v) is 18.0. The van der Waals surface area contributed by atoms with E-state index in [1.165, 1.54) is 27.2 Å². The lowest BCUT2D eigenvalue weighted by molar-refractivity contribution is -0.128. The molecular formula is C25H18INO2. The number of anilines is 1. The molecule has 3 aromatic rings. The molecule has 1 aliphatic heterocycles. The van der Waals surface area contributed by atoms with E-state index in [4.69, 9.17) is 0 Å². The molecular weight excluding hydrogens is 473 g/mol. The van der Waals surface area contributed by atoms with Crippen molar-refractivity contribution in [3.05, 3.63) is 98.6 Å². The molecule has 4 heteroatoms. The third-order valence-corrected chi connectivity index (χ3v) is 7.82. The lowest BCUT2D eigenvalue weighted by atomic mass is 9.48. The summed E-state index contributed by atoms with van der Waals surface area (Å²) in [6.45, 7) is 2.01. The van der Waals surface area contributed by atoms with Gasteiger partial charge in [-0.05, 0) is 76.0 Å². The Hall–Kier alpha value is -2.47. The van der Waals surface area contributed by atoms with E-state index in [0.717, 1.165) is 3.57 Å². The molecule has 0 radical (unpaired) electrons. The molecule has 3 aromatic carbocycles. The molecule has 2 bridgehead atoms. The summed E-state index contributed by atoms with van der Waals surface area (Å²) in [5.74, 6) is -0.701. The Morgan fingerprint density at radius 2 is 1.31 bits per heavy atom. The normalized spacial score (nSPS) is 28.9. The van der Waals surface area contributed by atoms with Gasteiger partial charge >= 0.3 is 0 Å². The van der Waals surface area contributed by atoms with Gasteiger partial charge in [-0.25, -0.2) is 4.90 Å². The van der Waals surface area contributed by atoms with Crippen LogP contribution in [0.15, 0.2) is 72.8 Å². The van der Waals surface area contributed by atoms with E-state index >= 15 is 0 Å². The molecule has 7 rings (SSSR count). The van der Waals surface area contributed by atoms with Crippen LogP contribution in [-0.4, -0.2) is 11.8 Å². The zero-order chi connectivity index (χ0) is 19.9. The predicted octanol–water partition coefficient (Wildman–Crippen LogP) is 5.08. The minimum Gasteiger partial charge on any atom is -0.274 e. The van der Waals surface area contributed by atoms with Crippen LogP contribution in [0.5, 0.6) is 0 Å². The highest BCUT2D eigenvalue weighted by Crippen LogP contribution is 2.67. The lowest BCUT2D eigenvalue weighted by Crippen LogP contribution is -2.49. The number of imide groups is 1. The highest BCUT2D eigenvalue weighted by Gasteiger charge is 2.68. The average Bonchev–Trinajstić information content (AvgIpc) is 2.95. The number of hydrogen-bond acceptors (Lipinski definition) is 2. The highest BCUT2D eigenvalue weighted by atomic mass is 127. The first-order valence-corrected chi connectivity index (χ1v) is 10.9. The van der Waals surface area contributed by atoms with Gasteiger partial charge in [0.05, 0.1) is 17.0 Å². The second-order valence-electron chi connectivity index (χ2n) is 8.38. The summed E-state index contributed by atoms with van der Waals surface area (Å²) in [4.78, 5) is 29.1. The van der Waals surface area contributed by atoms with Crippen molar-refractivity contribution in [2.45, 2.75) is 18.8 Å². The Morgan fingerprint density at radius 1 is 0.793 bits per heavy atom. The van der Waals surface area contributed by atoms with Gasteiger partial charge in [0, 0.05) is 15.4 Å². The molecule has 4 aliphatic rings. The molecule has 2 unspecified atom stereocenters. The van der Waals surface area contributed by atoms with Crippen LogP contribution in [0.3, 0.4) is 0 Å². The van der Waals surface area contributed by atoms with E-state index in [0.29, 0.717) is 5.69 Å². The summed E-state index contributed by atoms with van der Waals surface area (Å²) >= 11 is 2.23.